The van der Waals surface area contributed by atoms with Crippen molar-refractivity contribution in [3.63, 3.8) is 0 Å². The Morgan fingerprint density at radius 1 is 1.24 bits per heavy atom. The Balaban J connectivity index is 2.81. The topological polar surface area (TPSA) is 57.6 Å². The molecule has 1 aromatic carbocycles. The van der Waals surface area contributed by atoms with E-state index < -0.39 is 5.97 Å². The number of carboxylic acids is 1. The molecule has 4 heteroatoms. The number of hydrogen-bond donors (Lipinski definition) is 1. The Kier molecular flexibility index (Phi) is 6.40. The van der Waals surface area contributed by atoms with Crippen molar-refractivity contribution < 1.29 is 14.7 Å². The van der Waals surface area contributed by atoms with Crippen LogP contribution < -0.4 is 0 Å². The molecule has 4 nitrogen and oxygen atoms in total. The van der Waals surface area contributed by atoms with Crippen LogP contribution in [0.25, 0.3) is 0 Å². The third-order valence-corrected chi connectivity index (χ3v) is 3.95. The lowest BCUT2D eigenvalue weighted by molar-refractivity contribution is -0.146. The molecule has 0 heterocycles. The molecule has 0 saturated heterocycles. The molecule has 0 fully saturated rings. The molecule has 1 rings (SSSR count). The van der Waals surface area contributed by atoms with Crippen LogP contribution in [0.5, 0.6) is 0 Å². The van der Waals surface area contributed by atoms with Gasteiger partial charge in [0.15, 0.2) is 0 Å². The maximum absolute atomic E-state index is 12.4. The molecule has 0 aliphatic heterocycles. The highest BCUT2D eigenvalue weighted by molar-refractivity contribution is 5.82. The Hall–Kier alpha value is -1.84. The minimum atomic E-state index is -0.966. The highest BCUT2D eigenvalue weighted by Crippen LogP contribution is 2.23. The molecule has 116 valence electrons. The van der Waals surface area contributed by atoms with Gasteiger partial charge >= 0.3 is 5.97 Å². The van der Waals surface area contributed by atoms with E-state index in [0.717, 1.165) is 17.5 Å². The normalized spacial score (nSPS) is 13.5. The zero-order valence-corrected chi connectivity index (χ0v) is 13.3. The number of hydrogen-bond acceptors (Lipinski definition) is 2. The average Bonchev–Trinajstić information content (AvgIpc) is 2.43. The van der Waals surface area contributed by atoms with Gasteiger partial charge in [-0.3, -0.25) is 9.59 Å². The van der Waals surface area contributed by atoms with Gasteiger partial charge in [0.2, 0.25) is 5.91 Å². The number of aliphatic carboxylic acids is 1. The Labute approximate surface area is 126 Å². The summed E-state index contributed by atoms with van der Waals surface area (Å²) in [5.41, 5.74) is 2.30. The summed E-state index contributed by atoms with van der Waals surface area (Å²) in [5, 5.41) is 8.98. The summed E-state index contributed by atoms with van der Waals surface area (Å²) >= 11 is 0. The van der Waals surface area contributed by atoms with Gasteiger partial charge in [-0.15, -0.1) is 0 Å². The summed E-state index contributed by atoms with van der Waals surface area (Å²) in [5.74, 6) is -0.978. The van der Waals surface area contributed by atoms with Crippen molar-refractivity contribution in [2.75, 3.05) is 6.54 Å². The quantitative estimate of drug-likeness (QED) is 0.839. The smallest absolute Gasteiger partial charge is 0.323 e. The van der Waals surface area contributed by atoms with E-state index in [1.807, 2.05) is 52.0 Å². The lowest BCUT2D eigenvalue weighted by Gasteiger charge is -2.28. The van der Waals surface area contributed by atoms with Gasteiger partial charge in [-0.2, -0.15) is 0 Å². The molecule has 0 aliphatic carbocycles. The lowest BCUT2D eigenvalue weighted by Crippen LogP contribution is -2.42. The minimum absolute atomic E-state index is 0.0577. The van der Waals surface area contributed by atoms with E-state index in [1.54, 1.807) is 0 Å². The second-order valence-electron chi connectivity index (χ2n) is 5.63. The van der Waals surface area contributed by atoms with Gasteiger partial charge in [0.1, 0.15) is 6.54 Å². The first kappa shape index (κ1) is 17.2. The third kappa shape index (κ3) is 4.88. The van der Waals surface area contributed by atoms with Crippen LogP contribution in [0, 0.1) is 6.92 Å². The lowest BCUT2D eigenvalue weighted by atomic mass is 9.93. The van der Waals surface area contributed by atoms with Crippen molar-refractivity contribution in [2.24, 2.45) is 0 Å². The molecular weight excluding hydrogens is 266 g/mol. The van der Waals surface area contributed by atoms with E-state index in [0.29, 0.717) is 6.42 Å². The summed E-state index contributed by atoms with van der Waals surface area (Å²) in [4.78, 5) is 24.9. The first-order valence-corrected chi connectivity index (χ1v) is 7.43. The van der Waals surface area contributed by atoms with E-state index in [4.69, 9.17) is 5.11 Å². The van der Waals surface area contributed by atoms with Crippen molar-refractivity contribution in [3.8, 4) is 0 Å². The van der Waals surface area contributed by atoms with Crippen LogP contribution in [-0.2, 0) is 9.59 Å². The highest BCUT2D eigenvalue weighted by atomic mass is 16.4. The van der Waals surface area contributed by atoms with Crippen LogP contribution in [0.2, 0.25) is 0 Å². The summed E-state index contributed by atoms with van der Waals surface area (Å²) in [6.07, 6.45) is 1.08. The molecule has 0 bridgehead atoms. The largest absolute Gasteiger partial charge is 0.480 e. The molecule has 21 heavy (non-hydrogen) atoms. The number of nitrogens with zero attached hydrogens (tertiary/aromatic N) is 1. The van der Waals surface area contributed by atoms with Gasteiger partial charge in [-0.25, -0.2) is 0 Å². The van der Waals surface area contributed by atoms with Gasteiger partial charge in [-0.1, -0.05) is 38.1 Å². The average molecular weight is 291 g/mol. The fraction of sp³-hybridized carbons (Fsp3) is 0.529. The number of carbonyl (C=O) groups excluding carboxylic acids is 1. The van der Waals surface area contributed by atoms with E-state index in [-0.39, 0.29) is 24.4 Å². The predicted molar refractivity (Wildman–Crippen MR) is 83.3 cm³/mol. The van der Waals surface area contributed by atoms with Crippen molar-refractivity contribution in [2.45, 2.75) is 52.5 Å². The Morgan fingerprint density at radius 3 is 2.38 bits per heavy atom. The molecule has 0 saturated carbocycles. The van der Waals surface area contributed by atoms with Crippen molar-refractivity contribution in [1.29, 1.82) is 0 Å². The molecule has 2 unspecified atom stereocenters. The van der Waals surface area contributed by atoms with Crippen LogP contribution in [0.4, 0.5) is 0 Å². The molecule has 1 aromatic rings. The summed E-state index contributed by atoms with van der Waals surface area (Å²) in [6, 6.07) is 7.94. The van der Waals surface area contributed by atoms with Crippen LogP contribution >= 0.6 is 0 Å². The van der Waals surface area contributed by atoms with E-state index in [2.05, 4.69) is 0 Å². The number of benzene rings is 1. The summed E-state index contributed by atoms with van der Waals surface area (Å²) in [7, 11) is 0. The number of amides is 1. The zero-order valence-electron chi connectivity index (χ0n) is 13.3. The van der Waals surface area contributed by atoms with Gasteiger partial charge in [0, 0.05) is 12.5 Å². The SMILES string of the molecule is CCC(C)N(CC(=O)O)C(=O)CC(C)c1ccccc1C. The maximum Gasteiger partial charge on any atom is 0.323 e. The minimum Gasteiger partial charge on any atom is -0.480 e. The van der Waals surface area contributed by atoms with Crippen LogP contribution in [0.3, 0.4) is 0 Å². The third-order valence-electron chi connectivity index (χ3n) is 3.95. The highest BCUT2D eigenvalue weighted by Gasteiger charge is 2.23. The molecule has 1 N–H and O–H groups in total. The number of carbonyl (C=O) groups is 2. The zero-order chi connectivity index (χ0) is 16.0. The van der Waals surface area contributed by atoms with Gasteiger partial charge in [-0.05, 0) is 37.3 Å². The number of rotatable bonds is 7. The van der Waals surface area contributed by atoms with Crippen LogP contribution in [-0.4, -0.2) is 34.5 Å². The fourth-order valence-corrected chi connectivity index (χ4v) is 2.48. The summed E-state index contributed by atoms with van der Waals surface area (Å²) in [6.45, 7) is 7.65. The maximum atomic E-state index is 12.4. The second kappa shape index (κ2) is 7.81. The molecular formula is C17H25NO3. The fourth-order valence-electron chi connectivity index (χ4n) is 2.48. The standard InChI is InChI=1S/C17H25NO3/c1-5-14(4)18(11-17(20)21)16(19)10-13(3)15-9-7-6-8-12(15)2/h6-9,13-14H,5,10-11H2,1-4H3,(H,20,21). The van der Waals surface area contributed by atoms with E-state index in [9.17, 15) is 9.59 Å². The van der Waals surface area contributed by atoms with E-state index in [1.165, 1.54) is 4.90 Å². The molecule has 0 spiro atoms. The summed E-state index contributed by atoms with van der Waals surface area (Å²) < 4.78 is 0. The Bertz CT molecular complexity index is 499. The van der Waals surface area contributed by atoms with Crippen molar-refractivity contribution >= 4 is 11.9 Å². The van der Waals surface area contributed by atoms with E-state index >= 15 is 0 Å². The first-order chi connectivity index (χ1) is 9.86. The molecule has 0 aromatic heterocycles. The molecule has 0 aliphatic rings. The predicted octanol–water partition coefficient (Wildman–Crippen LogP) is 3.20. The van der Waals surface area contributed by atoms with Crippen molar-refractivity contribution in [1.82, 2.24) is 4.90 Å². The monoisotopic (exact) mass is 291 g/mol. The Morgan fingerprint density at radius 2 is 1.86 bits per heavy atom. The second-order valence-corrected chi connectivity index (χ2v) is 5.63. The van der Waals surface area contributed by atoms with Crippen LogP contribution in [0.15, 0.2) is 24.3 Å². The molecule has 1 amide bonds. The van der Waals surface area contributed by atoms with Crippen molar-refractivity contribution in [3.05, 3.63) is 35.4 Å². The van der Waals surface area contributed by atoms with Crippen LogP contribution in [0.1, 0.15) is 50.7 Å². The van der Waals surface area contributed by atoms with Gasteiger partial charge in [0.25, 0.3) is 0 Å². The molecule has 2 atom stereocenters. The first-order valence-electron chi connectivity index (χ1n) is 7.43. The molecule has 0 radical (unpaired) electrons. The van der Waals surface area contributed by atoms with Gasteiger partial charge < -0.3 is 10.0 Å². The number of aryl methyl sites for hydroxylation is 1. The van der Waals surface area contributed by atoms with Gasteiger partial charge in [0.05, 0.1) is 0 Å². The number of carboxylic acid groups (broad SMARTS) is 1.